The highest BCUT2D eigenvalue weighted by Crippen LogP contribution is 2.33. The van der Waals surface area contributed by atoms with Crippen molar-refractivity contribution in [2.24, 2.45) is 5.73 Å². The SMILES string of the molecule is CCc1cccc(CN2CCC3(CC2)Cn2nc(C(N)=O)cc2CO3)c1. The molecule has 4 rings (SSSR count). The highest BCUT2D eigenvalue weighted by atomic mass is 16.5. The van der Waals surface area contributed by atoms with Crippen LogP contribution in [-0.2, 0) is 30.9 Å². The van der Waals surface area contributed by atoms with E-state index in [9.17, 15) is 4.79 Å². The average Bonchev–Trinajstić information content (AvgIpc) is 3.07. The topological polar surface area (TPSA) is 73.4 Å². The van der Waals surface area contributed by atoms with Crippen molar-refractivity contribution in [1.82, 2.24) is 14.7 Å². The summed E-state index contributed by atoms with van der Waals surface area (Å²) < 4.78 is 8.13. The molecule has 0 bridgehead atoms. The summed E-state index contributed by atoms with van der Waals surface area (Å²) >= 11 is 0. The molecule has 0 radical (unpaired) electrons. The van der Waals surface area contributed by atoms with E-state index >= 15 is 0 Å². The van der Waals surface area contributed by atoms with Crippen LogP contribution in [-0.4, -0.2) is 39.3 Å². The molecule has 1 saturated heterocycles. The van der Waals surface area contributed by atoms with Gasteiger partial charge in [0.15, 0.2) is 0 Å². The summed E-state index contributed by atoms with van der Waals surface area (Å²) in [5, 5.41) is 4.35. The maximum Gasteiger partial charge on any atom is 0.269 e. The number of aromatic nitrogens is 2. The van der Waals surface area contributed by atoms with E-state index in [-0.39, 0.29) is 5.60 Å². The second-order valence-corrected chi connectivity index (χ2v) is 7.46. The van der Waals surface area contributed by atoms with Gasteiger partial charge in [-0.2, -0.15) is 5.10 Å². The maximum absolute atomic E-state index is 11.3. The Labute approximate surface area is 153 Å². The van der Waals surface area contributed by atoms with Crippen LogP contribution in [0.1, 0.15) is 47.1 Å². The van der Waals surface area contributed by atoms with E-state index in [0.717, 1.165) is 44.6 Å². The highest BCUT2D eigenvalue weighted by molar-refractivity contribution is 5.90. The van der Waals surface area contributed by atoms with Crippen molar-refractivity contribution in [3.8, 4) is 0 Å². The number of piperidine rings is 1. The number of rotatable bonds is 4. The molecule has 2 N–H and O–H groups in total. The van der Waals surface area contributed by atoms with E-state index in [1.165, 1.54) is 11.1 Å². The maximum atomic E-state index is 11.3. The lowest BCUT2D eigenvalue weighted by Gasteiger charge is -2.43. The van der Waals surface area contributed by atoms with Gasteiger partial charge in [-0.25, -0.2) is 0 Å². The number of hydrogen-bond donors (Lipinski definition) is 1. The lowest BCUT2D eigenvalue weighted by molar-refractivity contribution is -0.124. The zero-order valence-electron chi connectivity index (χ0n) is 15.3. The summed E-state index contributed by atoms with van der Waals surface area (Å²) in [4.78, 5) is 13.8. The summed E-state index contributed by atoms with van der Waals surface area (Å²) in [6, 6.07) is 10.6. The Morgan fingerprint density at radius 2 is 2.04 bits per heavy atom. The smallest absolute Gasteiger partial charge is 0.269 e. The molecular weight excluding hydrogens is 328 g/mol. The van der Waals surface area contributed by atoms with Crippen LogP contribution in [0.5, 0.6) is 0 Å². The summed E-state index contributed by atoms with van der Waals surface area (Å²) in [6.45, 7) is 6.40. The van der Waals surface area contributed by atoms with Crippen molar-refractivity contribution in [2.45, 2.75) is 51.5 Å². The number of amides is 1. The summed E-state index contributed by atoms with van der Waals surface area (Å²) in [6.07, 6.45) is 3.03. The van der Waals surface area contributed by atoms with Crippen LogP contribution in [0.25, 0.3) is 0 Å². The van der Waals surface area contributed by atoms with Crippen molar-refractivity contribution in [3.05, 3.63) is 52.8 Å². The molecular formula is C20H26N4O2. The van der Waals surface area contributed by atoms with Crippen LogP contribution in [0.2, 0.25) is 0 Å². The van der Waals surface area contributed by atoms with Crippen LogP contribution in [0, 0.1) is 0 Å². The van der Waals surface area contributed by atoms with Crippen LogP contribution < -0.4 is 5.73 Å². The number of primary amides is 1. The fourth-order valence-electron chi connectivity index (χ4n) is 4.00. The second kappa shape index (κ2) is 6.85. The molecule has 1 aromatic carbocycles. The lowest BCUT2D eigenvalue weighted by Crippen LogP contribution is -2.50. The van der Waals surface area contributed by atoms with E-state index in [1.807, 2.05) is 4.68 Å². The minimum absolute atomic E-state index is 0.171. The molecule has 1 amide bonds. The Hall–Kier alpha value is -2.18. The fourth-order valence-corrected chi connectivity index (χ4v) is 4.00. The molecule has 2 aliphatic rings. The Bertz CT molecular complexity index is 806. The van der Waals surface area contributed by atoms with Gasteiger partial charge in [-0.1, -0.05) is 31.2 Å². The third-order valence-corrected chi connectivity index (χ3v) is 5.65. The summed E-state index contributed by atoms with van der Waals surface area (Å²) in [5.74, 6) is -0.481. The quantitative estimate of drug-likeness (QED) is 0.913. The second-order valence-electron chi connectivity index (χ2n) is 7.46. The standard InChI is InChI=1S/C20H26N4O2/c1-2-15-4-3-5-16(10-15)12-23-8-6-20(7-9-23)14-24-17(13-26-20)11-18(22-24)19(21)25/h3-5,10-11H,2,6-9,12-14H2,1H3,(H2,21,25). The Kier molecular flexibility index (Phi) is 4.54. The first-order valence-corrected chi connectivity index (χ1v) is 9.37. The van der Waals surface area contributed by atoms with Crippen LogP contribution in [0.3, 0.4) is 0 Å². The molecule has 0 atom stereocenters. The molecule has 0 aliphatic carbocycles. The van der Waals surface area contributed by atoms with Crippen molar-refractivity contribution in [1.29, 1.82) is 0 Å². The zero-order valence-corrected chi connectivity index (χ0v) is 15.3. The van der Waals surface area contributed by atoms with Gasteiger partial charge in [0, 0.05) is 19.6 Å². The number of nitrogens with two attached hydrogens (primary N) is 1. The van der Waals surface area contributed by atoms with Crippen LogP contribution >= 0.6 is 0 Å². The zero-order chi connectivity index (χ0) is 18.1. The van der Waals surface area contributed by atoms with E-state index < -0.39 is 5.91 Å². The molecule has 1 aromatic heterocycles. The molecule has 1 spiro atoms. The normalized spacial score (nSPS) is 19.4. The van der Waals surface area contributed by atoms with Gasteiger partial charge >= 0.3 is 0 Å². The number of aryl methyl sites for hydroxylation is 1. The number of nitrogens with zero attached hydrogens (tertiary/aromatic N) is 3. The first kappa shape index (κ1) is 17.2. The van der Waals surface area contributed by atoms with E-state index in [0.29, 0.717) is 18.8 Å². The third-order valence-electron chi connectivity index (χ3n) is 5.65. The van der Waals surface area contributed by atoms with Gasteiger partial charge in [0.1, 0.15) is 5.69 Å². The molecule has 6 nitrogen and oxygen atoms in total. The molecule has 138 valence electrons. The van der Waals surface area contributed by atoms with E-state index in [1.54, 1.807) is 6.07 Å². The number of ether oxygens (including phenoxy) is 1. The van der Waals surface area contributed by atoms with Gasteiger partial charge < -0.3 is 10.5 Å². The molecule has 3 heterocycles. The number of carbonyl (C=O) groups is 1. The van der Waals surface area contributed by atoms with Gasteiger partial charge in [-0.05, 0) is 36.5 Å². The highest BCUT2D eigenvalue weighted by Gasteiger charge is 2.39. The third kappa shape index (κ3) is 3.39. The van der Waals surface area contributed by atoms with E-state index in [2.05, 4.69) is 41.2 Å². The average molecular weight is 354 g/mol. The largest absolute Gasteiger partial charge is 0.367 e. The Balaban J connectivity index is 1.39. The monoisotopic (exact) mass is 354 g/mol. The van der Waals surface area contributed by atoms with Gasteiger partial charge in [0.2, 0.25) is 0 Å². The van der Waals surface area contributed by atoms with Gasteiger partial charge in [-0.3, -0.25) is 14.4 Å². The fraction of sp³-hybridized carbons (Fsp3) is 0.500. The molecule has 1 fully saturated rings. The lowest BCUT2D eigenvalue weighted by atomic mass is 9.89. The van der Waals surface area contributed by atoms with Crippen molar-refractivity contribution in [3.63, 3.8) is 0 Å². The molecule has 0 unspecified atom stereocenters. The Morgan fingerprint density at radius 3 is 2.77 bits per heavy atom. The van der Waals surface area contributed by atoms with Crippen molar-refractivity contribution >= 4 is 5.91 Å². The predicted octanol–water partition coefficient (Wildman–Crippen LogP) is 2.11. The number of fused-ring (bicyclic) bond motifs is 1. The van der Waals surface area contributed by atoms with Crippen molar-refractivity contribution < 1.29 is 9.53 Å². The summed E-state index contributed by atoms with van der Waals surface area (Å²) in [7, 11) is 0. The molecule has 26 heavy (non-hydrogen) atoms. The van der Waals surface area contributed by atoms with Gasteiger partial charge in [0.25, 0.3) is 5.91 Å². The molecule has 6 heteroatoms. The number of carbonyl (C=O) groups excluding carboxylic acids is 1. The van der Waals surface area contributed by atoms with Crippen molar-refractivity contribution in [2.75, 3.05) is 13.1 Å². The number of benzene rings is 1. The van der Waals surface area contributed by atoms with Gasteiger partial charge in [-0.15, -0.1) is 0 Å². The minimum Gasteiger partial charge on any atom is -0.367 e. The van der Waals surface area contributed by atoms with E-state index in [4.69, 9.17) is 10.5 Å². The Morgan fingerprint density at radius 1 is 1.27 bits per heavy atom. The molecule has 2 aliphatic heterocycles. The number of likely N-dealkylation sites (tertiary alicyclic amines) is 1. The van der Waals surface area contributed by atoms with Gasteiger partial charge in [0.05, 0.1) is 24.4 Å². The predicted molar refractivity (Wildman–Crippen MR) is 98.6 cm³/mol. The first-order chi connectivity index (χ1) is 12.6. The van der Waals surface area contributed by atoms with Crippen LogP contribution in [0.4, 0.5) is 0 Å². The summed E-state index contributed by atoms with van der Waals surface area (Å²) in [5.41, 5.74) is 9.21. The molecule has 0 saturated carbocycles. The van der Waals surface area contributed by atoms with Crippen LogP contribution in [0.15, 0.2) is 30.3 Å². The number of hydrogen-bond acceptors (Lipinski definition) is 4. The first-order valence-electron chi connectivity index (χ1n) is 9.37. The molecule has 2 aromatic rings. The minimum atomic E-state index is -0.481.